The average molecular weight is 267 g/mol. The van der Waals surface area contributed by atoms with E-state index in [9.17, 15) is 9.90 Å². The monoisotopic (exact) mass is 267 g/mol. The van der Waals surface area contributed by atoms with E-state index in [1.165, 1.54) is 6.20 Å². The maximum absolute atomic E-state index is 11.2. The number of aliphatic hydroxyl groups excluding tert-OH is 1. The van der Waals surface area contributed by atoms with E-state index in [4.69, 9.17) is 5.11 Å². The third kappa shape index (κ3) is 4.48. The van der Waals surface area contributed by atoms with Crippen LogP contribution in [-0.4, -0.2) is 38.8 Å². The van der Waals surface area contributed by atoms with Gasteiger partial charge < -0.3 is 15.5 Å². The summed E-state index contributed by atoms with van der Waals surface area (Å²) in [6, 6.07) is 0. The summed E-state index contributed by atoms with van der Waals surface area (Å²) in [5.41, 5.74) is 0.366. The van der Waals surface area contributed by atoms with Gasteiger partial charge in [-0.3, -0.25) is 0 Å². The van der Waals surface area contributed by atoms with E-state index in [0.717, 1.165) is 0 Å². The lowest BCUT2D eigenvalue weighted by molar-refractivity contribution is 0.0691. The van der Waals surface area contributed by atoms with Gasteiger partial charge in [-0.05, 0) is 12.8 Å². The van der Waals surface area contributed by atoms with Crippen LogP contribution in [0.3, 0.4) is 0 Å². The molecule has 6 nitrogen and oxygen atoms in total. The second-order valence-electron chi connectivity index (χ2n) is 4.73. The van der Waals surface area contributed by atoms with Gasteiger partial charge in [0, 0.05) is 12.5 Å². The van der Waals surface area contributed by atoms with Gasteiger partial charge in [-0.1, -0.05) is 20.8 Å². The highest BCUT2D eigenvalue weighted by Gasteiger charge is 2.15. The number of nitrogens with one attached hydrogen (secondary N) is 1. The SMILES string of the molecule is CCC(O)CCNc1cnc(C(C)C)nc1C(=O)O. The molecular formula is C13H21N3O3. The van der Waals surface area contributed by atoms with Crippen LogP contribution in [0.2, 0.25) is 0 Å². The molecule has 0 bridgehead atoms. The molecule has 0 spiro atoms. The molecule has 0 aliphatic carbocycles. The number of nitrogens with zero attached hydrogens (tertiary/aromatic N) is 2. The number of carbonyl (C=O) groups is 1. The zero-order valence-electron chi connectivity index (χ0n) is 11.6. The van der Waals surface area contributed by atoms with Crippen LogP contribution in [0.15, 0.2) is 6.20 Å². The van der Waals surface area contributed by atoms with Crippen molar-refractivity contribution in [3.63, 3.8) is 0 Å². The Kier molecular flexibility index (Phi) is 5.69. The van der Waals surface area contributed by atoms with E-state index in [1.807, 2.05) is 20.8 Å². The van der Waals surface area contributed by atoms with Gasteiger partial charge in [-0.25, -0.2) is 14.8 Å². The molecule has 0 saturated carbocycles. The number of aromatic nitrogens is 2. The van der Waals surface area contributed by atoms with Crippen LogP contribution in [0.25, 0.3) is 0 Å². The van der Waals surface area contributed by atoms with Crippen LogP contribution >= 0.6 is 0 Å². The number of carboxylic acids is 1. The number of anilines is 1. The summed E-state index contributed by atoms with van der Waals surface area (Å²) in [5, 5.41) is 21.6. The number of aromatic carboxylic acids is 1. The molecule has 6 heteroatoms. The summed E-state index contributed by atoms with van der Waals surface area (Å²) in [6.45, 7) is 6.20. The van der Waals surface area contributed by atoms with Gasteiger partial charge in [0.15, 0.2) is 5.69 Å². The Morgan fingerprint density at radius 1 is 1.47 bits per heavy atom. The van der Waals surface area contributed by atoms with E-state index in [2.05, 4.69) is 15.3 Å². The van der Waals surface area contributed by atoms with Gasteiger partial charge in [-0.15, -0.1) is 0 Å². The Labute approximate surface area is 112 Å². The van der Waals surface area contributed by atoms with Crippen LogP contribution in [0.4, 0.5) is 5.69 Å². The second-order valence-corrected chi connectivity index (χ2v) is 4.73. The zero-order chi connectivity index (χ0) is 14.4. The highest BCUT2D eigenvalue weighted by atomic mass is 16.4. The molecule has 1 aromatic rings. The van der Waals surface area contributed by atoms with E-state index in [-0.39, 0.29) is 17.7 Å². The molecule has 0 aliphatic rings. The predicted molar refractivity (Wildman–Crippen MR) is 72.5 cm³/mol. The quantitative estimate of drug-likeness (QED) is 0.698. The minimum Gasteiger partial charge on any atom is -0.476 e. The minimum absolute atomic E-state index is 0.0234. The van der Waals surface area contributed by atoms with Crippen molar-refractivity contribution in [2.75, 3.05) is 11.9 Å². The fourth-order valence-electron chi connectivity index (χ4n) is 1.54. The lowest BCUT2D eigenvalue weighted by Gasteiger charge is -2.12. The van der Waals surface area contributed by atoms with Gasteiger partial charge in [0.25, 0.3) is 0 Å². The molecule has 1 aromatic heterocycles. The molecule has 1 heterocycles. The Bertz CT molecular complexity index is 435. The molecule has 0 radical (unpaired) electrons. The number of hydrogen-bond donors (Lipinski definition) is 3. The molecule has 1 rings (SSSR count). The smallest absolute Gasteiger partial charge is 0.356 e. The summed E-state index contributed by atoms with van der Waals surface area (Å²) >= 11 is 0. The Balaban J connectivity index is 2.79. The summed E-state index contributed by atoms with van der Waals surface area (Å²) < 4.78 is 0. The molecule has 0 amide bonds. The van der Waals surface area contributed by atoms with Crippen molar-refractivity contribution in [2.45, 2.75) is 45.6 Å². The normalized spacial score (nSPS) is 12.5. The van der Waals surface area contributed by atoms with Crippen LogP contribution in [0.5, 0.6) is 0 Å². The van der Waals surface area contributed by atoms with Crippen LogP contribution in [-0.2, 0) is 0 Å². The maximum Gasteiger partial charge on any atom is 0.356 e. The number of carboxylic acid groups (broad SMARTS) is 1. The molecule has 0 saturated heterocycles. The van der Waals surface area contributed by atoms with Crippen molar-refractivity contribution < 1.29 is 15.0 Å². The highest BCUT2D eigenvalue weighted by molar-refractivity contribution is 5.91. The first kappa shape index (κ1) is 15.4. The van der Waals surface area contributed by atoms with Crippen molar-refractivity contribution in [2.24, 2.45) is 0 Å². The highest BCUT2D eigenvalue weighted by Crippen LogP contribution is 2.16. The standard InChI is InChI=1S/C13H21N3O3/c1-4-9(17)5-6-14-10-7-15-12(8(2)3)16-11(10)13(18)19/h7-9,14,17H,4-6H2,1-3H3,(H,18,19). The van der Waals surface area contributed by atoms with E-state index in [0.29, 0.717) is 30.9 Å². The lowest BCUT2D eigenvalue weighted by Crippen LogP contribution is -2.16. The average Bonchev–Trinajstić information content (AvgIpc) is 2.38. The molecular weight excluding hydrogens is 246 g/mol. The van der Waals surface area contributed by atoms with Crippen LogP contribution in [0, 0.1) is 0 Å². The number of rotatable bonds is 7. The van der Waals surface area contributed by atoms with Crippen LogP contribution < -0.4 is 5.32 Å². The second kappa shape index (κ2) is 7.04. The van der Waals surface area contributed by atoms with Crippen molar-refractivity contribution in [3.05, 3.63) is 17.7 Å². The van der Waals surface area contributed by atoms with Gasteiger partial charge in [0.2, 0.25) is 0 Å². The summed E-state index contributed by atoms with van der Waals surface area (Å²) in [5.74, 6) is -0.492. The zero-order valence-corrected chi connectivity index (χ0v) is 11.6. The predicted octanol–water partition coefficient (Wildman–Crippen LogP) is 1.87. The molecule has 3 N–H and O–H groups in total. The topological polar surface area (TPSA) is 95.3 Å². The third-order valence-corrected chi connectivity index (χ3v) is 2.79. The van der Waals surface area contributed by atoms with E-state index in [1.54, 1.807) is 0 Å². The number of aliphatic hydroxyl groups is 1. The van der Waals surface area contributed by atoms with Gasteiger partial charge in [-0.2, -0.15) is 0 Å². The van der Waals surface area contributed by atoms with Crippen molar-refractivity contribution in [1.29, 1.82) is 0 Å². The molecule has 1 atom stereocenters. The Hall–Kier alpha value is -1.69. The van der Waals surface area contributed by atoms with Crippen molar-refractivity contribution in [1.82, 2.24) is 9.97 Å². The van der Waals surface area contributed by atoms with E-state index >= 15 is 0 Å². The van der Waals surface area contributed by atoms with Crippen molar-refractivity contribution >= 4 is 11.7 Å². The molecule has 0 fully saturated rings. The first-order valence-corrected chi connectivity index (χ1v) is 6.47. The summed E-state index contributed by atoms with van der Waals surface area (Å²) in [6.07, 6.45) is 2.35. The third-order valence-electron chi connectivity index (χ3n) is 2.79. The van der Waals surface area contributed by atoms with Crippen molar-refractivity contribution in [3.8, 4) is 0 Å². The van der Waals surface area contributed by atoms with E-state index < -0.39 is 5.97 Å². The first-order chi connectivity index (χ1) is 8.95. The minimum atomic E-state index is -1.08. The molecule has 19 heavy (non-hydrogen) atoms. The van der Waals surface area contributed by atoms with Gasteiger partial charge in [0.1, 0.15) is 5.82 Å². The Morgan fingerprint density at radius 3 is 2.68 bits per heavy atom. The summed E-state index contributed by atoms with van der Waals surface area (Å²) in [7, 11) is 0. The Morgan fingerprint density at radius 2 is 2.16 bits per heavy atom. The number of hydrogen-bond acceptors (Lipinski definition) is 5. The van der Waals surface area contributed by atoms with Gasteiger partial charge in [0.05, 0.1) is 18.0 Å². The van der Waals surface area contributed by atoms with Gasteiger partial charge >= 0.3 is 5.97 Å². The van der Waals surface area contributed by atoms with Crippen LogP contribution in [0.1, 0.15) is 55.8 Å². The lowest BCUT2D eigenvalue weighted by atomic mass is 10.2. The molecule has 106 valence electrons. The summed E-state index contributed by atoms with van der Waals surface area (Å²) in [4.78, 5) is 19.4. The largest absolute Gasteiger partial charge is 0.476 e. The fourth-order valence-corrected chi connectivity index (χ4v) is 1.54. The maximum atomic E-state index is 11.2. The molecule has 0 aromatic carbocycles. The first-order valence-electron chi connectivity index (χ1n) is 6.47. The fraction of sp³-hybridized carbons (Fsp3) is 0.615. The molecule has 1 unspecified atom stereocenters. The molecule has 0 aliphatic heterocycles.